The van der Waals surface area contributed by atoms with E-state index in [0.29, 0.717) is 10.9 Å². The first kappa shape index (κ1) is 11.1. The number of aryl methyl sites for hydroxylation is 1. The van der Waals surface area contributed by atoms with Crippen molar-refractivity contribution in [3.05, 3.63) is 34.2 Å². The molecule has 94 valence electrons. The van der Waals surface area contributed by atoms with E-state index in [2.05, 4.69) is 0 Å². The van der Waals surface area contributed by atoms with Gasteiger partial charge in [0.2, 0.25) is 0 Å². The number of amides is 1. The van der Waals surface area contributed by atoms with Gasteiger partial charge in [-0.05, 0) is 31.9 Å². The molecular weight excluding hydrogens is 232 g/mol. The zero-order valence-corrected chi connectivity index (χ0v) is 10.2. The van der Waals surface area contributed by atoms with Crippen molar-refractivity contribution in [3.8, 4) is 0 Å². The van der Waals surface area contributed by atoms with Gasteiger partial charge in [-0.25, -0.2) is 9.59 Å². The first-order valence-corrected chi connectivity index (χ1v) is 6.09. The lowest BCUT2D eigenvalue weighted by Gasteiger charge is -2.14. The van der Waals surface area contributed by atoms with Crippen molar-refractivity contribution in [1.82, 2.24) is 9.64 Å². The maximum Gasteiger partial charge on any atom is 0.366 e. The normalized spacial score (nSPS) is 15.5. The van der Waals surface area contributed by atoms with Crippen LogP contribution < -0.4 is 5.63 Å². The molecule has 0 spiro atoms. The lowest BCUT2D eigenvalue weighted by Crippen LogP contribution is -2.31. The Labute approximate surface area is 104 Å². The molecule has 1 aromatic heterocycles. The molecule has 1 aliphatic rings. The molecule has 0 bridgehead atoms. The van der Waals surface area contributed by atoms with Crippen molar-refractivity contribution in [2.24, 2.45) is 0 Å². The maximum atomic E-state index is 12.2. The second-order valence-electron chi connectivity index (χ2n) is 4.67. The number of fused-ring (bicyclic) bond motifs is 1. The Morgan fingerprint density at radius 2 is 2.00 bits per heavy atom. The lowest BCUT2D eigenvalue weighted by atomic mass is 10.2. The van der Waals surface area contributed by atoms with E-state index in [9.17, 15) is 9.59 Å². The van der Waals surface area contributed by atoms with Gasteiger partial charge in [0.15, 0.2) is 0 Å². The van der Waals surface area contributed by atoms with Crippen LogP contribution in [0, 0.1) is 6.92 Å². The number of nitrogens with zero attached hydrogens (tertiary/aromatic N) is 2. The first-order chi connectivity index (χ1) is 8.66. The molecule has 5 heteroatoms. The van der Waals surface area contributed by atoms with Crippen LogP contribution in [0.4, 0.5) is 4.79 Å². The van der Waals surface area contributed by atoms with Gasteiger partial charge in [0, 0.05) is 13.1 Å². The fourth-order valence-electron chi connectivity index (χ4n) is 2.35. The quantitative estimate of drug-likeness (QED) is 0.714. The fraction of sp³-hybridized carbons (Fsp3) is 0.385. The van der Waals surface area contributed by atoms with E-state index in [1.54, 1.807) is 17.0 Å². The van der Waals surface area contributed by atoms with Crippen molar-refractivity contribution < 1.29 is 9.32 Å². The van der Waals surface area contributed by atoms with Crippen LogP contribution in [0.2, 0.25) is 0 Å². The van der Waals surface area contributed by atoms with E-state index in [0.717, 1.165) is 36.2 Å². The third kappa shape index (κ3) is 1.63. The Balaban J connectivity index is 2.12. The molecule has 2 heterocycles. The standard InChI is InChI=1S/C13H14N2O3/c1-9-4-5-11-10(8-9)12(16)18-15(11)13(17)14-6-2-3-7-14/h4-5,8H,2-3,6-7H2,1H3. The van der Waals surface area contributed by atoms with E-state index >= 15 is 0 Å². The van der Waals surface area contributed by atoms with Crippen molar-refractivity contribution in [2.75, 3.05) is 13.1 Å². The van der Waals surface area contributed by atoms with Crippen LogP contribution in [0.15, 0.2) is 27.5 Å². The number of carbonyl (C=O) groups is 1. The number of likely N-dealkylation sites (tertiary alicyclic amines) is 1. The number of rotatable bonds is 0. The molecule has 0 radical (unpaired) electrons. The Kier molecular flexibility index (Phi) is 2.47. The summed E-state index contributed by atoms with van der Waals surface area (Å²) in [7, 11) is 0. The van der Waals surface area contributed by atoms with Crippen molar-refractivity contribution in [1.29, 1.82) is 0 Å². The molecule has 1 aliphatic heterocycles. The monoisotopic (exact) mass is 246 g/mol. The predicted octanol–water partition coefficient (Wildman–Crippen LogP) is 1.97. The number of aromatic nitrogens is 1. The number of benzene rings is 1. The summed E-state index contributed by atoms with van der Waals surface area (Å²) in [4.78, 5) is 25.6. The second kappa shape index (κ2) is 4.01. The molecule has 1 aromatic carbocycles. The van der Waals surface area contributed by atoms with Gasteiger partial charge in [0.1, 0.15) is 5.52 Å². The molecule has 1 saturated heterocycles. The highest BCUT2D eigenvalue weighted by atomic mass is 16.5. The molecule has 1 fully saturated rings. The topological polar surface area (TPSA) is 55.5 Å². The lowest BCUT2D eigenvalue weighted by molar-refractivity contribution is 0.178. The molecule has 0 saturated carbocycles. The van der Waals surface area contributed by atoms with Crippen LogP contribution in [-0.4, -0.2) is 28.8 Å². The van der Waals surface area contributed by atoms with E-state index < -0.39 is 5.63 Å². The fourth-order valence-corrected chi connectivity index (χ4v) is 2.35. The molecular formula is C13H14N2O3. The van der Waals surface area contributed by atoms with Crippen molar-refractivity contribution in [2.45, 2.75) is 19.8 Å². The highest BCUT2D eigenvalue weighted by Gasteiger charge is 2.23. The van der Waals surface area contributed by atoms with Gasteiger partial charge in [-0.2, -0.15) is 0 Å². The summed E-state index contributed by atoms with van der Waals surface area (Å²) in [6.45, 7) is 3.36. The summed E-state index contributed by atoms with van der Waals surface area (Å²) in [6.07, 6.45) is 2.02. The summed E-state index contributed by atoms with van der Waals surface area (Å²) in [5, 5.41) is 0.461. The summed E-state index contributed by atoms with van der Waals surface area (Å²) in [6, 6.07) is 5.12. The molecule has 0 N–H and O–H groups in total. The molecule has 5 nitrogen and oxygen atoms in total. The Hall–Kier alpha value is -2.04. The SMILES string of the molecule is Cc1ccc2c(c1)c(=O)on2C(=O)N1CCCC1. The molecule has 2 aromatic rings. The highest BCUT2D eigenvalue weighted by Crippen LogP contribution is 2.16. The maximum absolute atomic E-state index is 12.2. The van der Waals surface area contributed by atoms with Gasteiger partial charge < -0.3 is 9.42 Å². The van der Waals surface area contributed by atoms with Crippen molar-refractivity contribution in [3.63, 3.8) is 0 Å². The van der Waals surface area contributed by atoms with Crippen LogP contribution >= 0.6 is 0 Å². The smallest absolute Gasteiger partial charge is 0.326 e. The highest BCUT2D eigenvalue weighted by molar-refractivity contribution is 5.89. The summed E-state index contributed by atoms with van der Waals surface area (Å²) in [5.41, 5.74) is 1.06. The van der Waals surface area contributed by atoms with Crippen molar-refractivity contribution >= 4 is 16.9 Å². The predicted molar refractivity (Wildman–Crippen MR) is 66.8 cm³/mol. The van der Waals surface area contributed by atoms with Crippen LogP contribution in [0.3, 0.4) is 0 Å². The van der Waals surface area contributed by atoms with Crippen LogP contribution in [0.25, 0.3) is 10.9 Å². The molecule has 3 rings (SSSR count). The summed E-state index contributed by atoms with van der Waals surface area (Å²) in [5.74, 6) is 0. The van der Waals surface area contributed by atoms with Gasteiger partial charge >= 0.3 is 11.7 Å². The van der Waals surface area contributed by atoms with Gasteiger partial charge in [-0.15, -0.1) is 4.74 Å². The number of carbonyl (C=O) groups excluding carboxylic acids is 1. The zero-order chi connectivity index (χ0) is 12.7. The Bertz CT molecular complexity index is 662. The van der Waals surface area contributed by atoms with Gasteiger partial charge in [-0.3, -0.25) is 0 Å². The molecule has 0 unspecified atom stereocenters. The molecule has 18 heavy (non-hydrogen) atoms. The molecule has 1 amide bonds. The Morgan fingerprint density at radius 1 is 1.28 bits per heavy atom. The Morgan fingerprint density at radius 3 is 2.72 bits per heavy atom. The largest absolute Gasteiger partial charge is 0.366 e. The zero-order valence-electron chi connectivity index (χ0n) is 10.2. The molecule has 0 aliphatic carbocycles. The summed E-state index contributed by atoms with van der Waals surface area (Å²) < 4.78 is 6.18. The average molecular weight is 246 g/mol. The molecule has 0 atom stereocenters. The van der Waals surface area contributed by atoms with E-state index in [4.69, 9.17) is 4.52 Å². The number of hydrogen-bond donors (Lipinski definition) is 0. The van der Waals surface area contributed by atoms with Crippen LogP contribution in [-0.2, 0) is 0 Å². The van der Waals surface area contributed by atoms with Gasteiger partial charge in [0.25, 0.3) is 0 Å². The first-order valence-electron chi connectivity index (χ1n) is 6.09. The van der Waals surface area contributed by atoms with Gasteiger partial charge in [0.05, 0.1) is 5.39 Å². The summed E-state index contributed by atoms with van der Waals surface area (Å²) >= 11 is 0. The average Bonchev–Trinajstić information content (AvgIpc) is 2.97. The third-order valence-corrected chi connectivity index (χ3v) is 3.32. The third-order valence-electron chi connectivity index (χ3n) is 3.32. The van der Waals surface area contributed by atoms with E-state index in [1.807, 2.05) is 13.0 Å². The minimum absolute atomic E-state index is 0.247. The van der Waals surface area contributed by atoms with E-state index in [-0.39, 0.29) is 6.03 Å². The van der Waals surface area contributed by atoms with Crippen LogP contribution in [0.5, 0.6) is 0 Å². The minimum atomic E-state index is -0.457. The van der Waals surface area contributed by atoms with Gasteiger partial charge in [-0.1, -0.05) is 11.6 Å². The number of hydrogen-bond acceptors (Lipinski definition) is 3. The van der Waals surface area contributed by atoms with E-state index in [1.165, 1.54) is 0 Å². The van der Waals surface area contributed by atoms with Crippen LogP contribution in [0.1, 0.15) is 18.4 Å². The minimum Gasteiger partial charge on any atom is -0.326 e. The second-order valence-corrected chi connectivity index (χ2v) is 4.67.